The Morgan fingerprint density at radius 2 is 2.25 bits per heavy atom. The number of carboxylic acid groups (broad SMARTS) is 1. The largest absolute Gasteiger partial charge is 0.475 e. The van der Waals surface area contributed by atoms with Crippen molar-refractivity contribution in [2.75, 3.05) is 5.73 Å². The molecule has 0 bridgehead atoms. The molecule has 1 aromatic carbocycles. The number of nitrogens with zero attached hydrogens (tertiary/aromatic N) is 2. The fourth-order valence-electron chi connectivity index (χ4n) is 1.12. The van der Waals surface area contributed by atoms with Crippen LogP contribution in [0.4, 0.5) is 10.1 Å². The van der Waals surface area contributed by atoms with Gasteiger partial charge < -0.3 is 15.4 Å². The number of benzene rings is 1. The van der Waals surface area contributed by atoms with Crippen molar-refractivity contribution >= 4 is 11.7 Å². The third kappa shape index (κ3) is 1.70. The standard InChI is InChI=1S/C9H6FN3O3/c10-6-3-4(11)1-2-5(6)8-12-7(9(14)15)13-16-8/h1-3H,11H2,(H,14,15). The van der Waals surface area contributed by atoms with E-state index >= 15 is 0 Å². The molecule has 0 saturated heterocycles. The van der Waals surface area contributed by atoms with Gasteiger partial charge in [-0.15, -0.1) is 0 Å². The summed E-state index contributed by atoms with van der Waals surface area (Å²) in [5.41, 5.74) is 5.62. The molecule has 0 spiro atoms. The van der Waals surface area contributed by atoms with Gasteiger partial charge in [-0.1, -0.05) is 0 Å². The summed E-state index contributed by atoms with van der Waals surface area (Å²) < 4.78 is 18.0. The Morgan fingerprint density at radius 3 is 2.81 bits per heavy atom. The Bertz CT molecular complexity index is 553. The van der Waals surface area contributed by atoms with Crippen molar-refractivity contribution in [1.29, 1.82) is 0 Å². The van der Waals surface area contributed by atoms with E-state index < -0.39 is 17.6 Å². The number of hydrogen-bond donors (Lipinski definition) is 2. The van der Waals surface area contributed by atoms with E-state index in [-0.39, 0.29) is 17.1 Å². The third-order valence-electron chi connectivity index (χ3n) is 1.84. The highest BCUT2D eigenvalue weighted by Gasteiger charge is 2.16. The van der Waals surface area contributed by atoms with Crippen molar-refractivity contribution in [3.63, 3.8) is 0 Å². The molecule has 0 radical (unpaired) electrons. The molecule has 2 aromatic rings. The van der Waals surface area contributed by atoms with Gasteiger partial charge in [-0.05, 0) is 23.4 Å². The number of aromatic carboxylic acids is 1. The van der Waals surface area contributed by atoms with E-state index in [1.807, 2.05) is 0 Å². The van der Waals surface area contributed by atoms with Gasteiger partial charge in [0.25, 0.3) is 11.7 Å². The molecule has 0 aliphatic carbocycles. The monoisotopic (exact) mass is 223 g/mol. The number of carbonyl (C=O) groups is 1. The molecule has 0 unspecified atom stereocenters. The molecule has 0 aliphatic heterocycles. The molecule has 1 heterocycles. The fourth-order valence-corrected chi connectivity index (χ4v) is 1.12. The minimum absolute atomic E-state index is 0.00852. The van der Waals surface area contributed by atoms with E-state index in [9.17, 15) is 9.18 Å². The smallest absolute Gasteiger partial charge is 0.377 e. The topological polar surface area (TPSA) is 102 Å². The molecule has 2 rings (SSSR count). The van der Waals surface area contributed by atoms with Crippen LogP contribution >= 0.6 is 0 Å². The maximum Gasteiger partial charge on any atom is 0.377 e. The number of rotatable bonds is 2. The molecule has 0 atom stereocenters. The normalized spacial score (nSPS) is 10.3. The van der Waals surface area contributed by atoms with Gasteiger partial charge >= 0.3 is 5.97 Å². The minimum Gasteiger partial charge on any atom is -0.475 e. The molecule has 82 valence electrons. The average molecular weight is 223 g/mol. The van der Waals surface area contributed by atoms with E-state index in [1.54, 1.807) is 0 Å². The van der Waals surface area contributed by atoms with Crippen LogP contribution in [0.25, 0.3) is 11.5 Å². The maximum atomic E-state index is 13.4. The molecule has 1 aromatic heterocycles. The fraction of sp³-hybridized carbons (Fsp3) is 0. The SMILES string of the molecule is Nc1ccc(-c2nc(C(=O)O)no2)c(F)c1. The van der Waals surface area contributed by atoms with Gasteiger partial charge in [-0.3, -0.25) is 0 Å². The number of nitrogens with two attached hydrogens (primary N) is 1. The van der Waals surface area contributed by atoms with E-state index in [2.05, 4.69) is 14.7 Å². The summed E-state index contributed by atoms with van der Waals surface area (Å²) in [6.45, 7) is 0. The van der Waals surface area contributed by atoms with Crippen molar-refractivity contribution in [1.82, 2.24) is 10.1 Å². The zero-order valence-electron chi connectivity index (χ0n) is 7.85. The second-order valence-corrected chi connectivity index (χ2v) is 2.97. The van der Waals surface area contributed by atoms with Crippen LogP contribution in [-0.4, -0.2) is 21.2 Å². The zero-order valence-corrected chi connectivity index (χ0v) is 7.85. The summed E-state index contributed by atoms with van der Waals surface area (Å²) in [6, 6.07) is 3.87. The van der Waals surface area contributed by atoms with E-state index in [0.29, 0.717) is 0 Å². The molecular formula is C9H6FN3O3. The van der Waals surface area contributed by atoms with E-state index in [4.69, 9.17) is 10.8 Å². The first-order valence-corrected chi connectivity index (χ1v) is 4.20. The quantitative estimate of drug-likeness (QED) is 0.740. The van der Waals surface area contributed by atoms with Crippen molar-refractivity contribution in [2.24, 2.45) is 0 Å². The molecule has 0 saturated carbocycles. The van der Waals surface area contributed by atoms with Gasteiger partial charge in [0.2, 0.25) is 0 Å². The first-order valence-electron chi connectivity index (χ1n) is 4.20. The number of halogens is 1. The molecule has 7 heteroatoms. The van der Waals surface area contributed by atoms with Crippen molar-refractivity contribution in [3.05, 3.63) is 29.8 Å². The number of nitrogen functional groups attached to an aromatic ring is 1. The third-order valence-corrected chi connectivity index (χ3v) is 1.84. The van der Waals surface area contributed by atoms with E-state index in [1.165, 1.54) is 12.1 Å². The summed E-state index contributed by atoms with van der Waals surface area (Å²) in [5, 5.41) is 11.7. The summed E-state index contributed by atoms with van der Waals surface area (Å²) in [6.07, 6.45) is 0. The summed E-state index contributed by atoms with van der Waals surface area (Å²) in [7, 11) is 0. The molecular weight excluding hydrogens is 217 g/mol. The highest BCUT2D eigenvalue weighted by atomic mass is 19.1. The van der Waals surface area contributed by atoms with Crippen molar-refractivity contribution in [3.8, 4) is 11.5 Å². The molecule has 0 amide bonds. The molecule has 0 fully saturated rings. The first-order chi connectivity index (χ1) is 7.58. The number of anilines is 1. The van der Waals surface area contributed by atoms with Crippen LogP contribution in [0.1, 0.15) is 10.6 Å². The highest BCUT2D eigenvalue weighted by Crippen LogP contribution is 2.22. The lowest BCUT2D eigenvalue weighted by Crippen LogP contribution is -1.98. The lowest BCUT2D eigenvalue weighted by atomic mass is 10.2. The Hall–Kier alpha value is -2.44. The van der Waals surface area contributed by atoms with Gasteiger partial charge in [0.15, 0.2) is 0 Å². The van der Waals surface area contributed by atoms with Crippen molar-refractivity contribution < 1.29 is 18.8 Å². The lowest BCUT2D eigenvalue weighted by molar-refractivity contribution is 0.0680. The van der Waals surface area contributed by atoms with Gasteiger partial charge in [-0.2, -0.15) is 4.98 Å². The summed E-state index contributed by atoms with van der Waals surface area (Å²) in [5.74, 6) is -2.72. The first kappa shape index (κ1) is 10.1. The van der Waals surface area contributed by atoms with Crippen LogP contribution in [0.2, 0.25) is 0 Å². The van der Waals surface area contributed by atoms with Crippen LogP contribution in [-0.2, 0) is 0 Å². The Morgan fingerprint density at radius 1 is 1.50 bits per heavy atom. The molecule has 0 aliphatic rings. The molecule has 16 heavy (non-hydrogen) atoms. The van der Waals surface area contributed by atoms with E-state index in [0.717, 1.165) is 6.07 Å². The Kier molecular flexibility index (Phi) is 2.28. The predicted molar refractivity (Wildman–Crippen MR) is 51.1 cm³/mol. The van der Waals surface area contributed by atoms with Crippen LogP contribution in [0.3, 0.4) is 0 Å². The van der Waals surface area contributed by atoms with Gasteiger partial charge in [-0.25, -0.2) is 9.18 Å². The lowest BCUT2D eigenvalue weighted by Gasteiger charge is -1.97. The Balaban J connectivity index is 2.46. The number of hydrogen-bond acceptors (Lipinski definition) is 5. The number of aromatic nitrogens is 2. The summed E-state index contributed by atoms with van der Waals surface area (Å²) >= 11 is 0. The molecule has 3 N–H and O–H groups in total. The number of carboxylic acids is 1. The van der Waals surface area contributed by atoms with Crippen molar-refractivity contribution in [2.45, 2.75) is 0 Å². The minimum atomic E-state index is -1.34. The highest BCUT2D eigenvalue weighted by molar-refractivity contribution is 5.83. The average Bonchev–Trinajstić information content (AvgIpc) is 2.66. The second-order valence-electron chi connectivity index (χ2n) is 2.97. The Labute approximate surface area is 88.5 Å². The maximum absolute atomic E-state index is 13.4. The van der Waals surface area contributed by atoms with Gasteiger partial charge in [0.05, 0.1) is 5.56 Å². The van der Waals surface area contributed by atoms with Gasteiger partial charge in [0.1, 0.15) is 5.82 Å². The zero-order chi connectivity index (χ0) is 11.7. The van der Waals surface area contributed by atoms with Crippen LogP contribution < -0.4 is 5.73 Å². The molecule has 6 nitrogen and oxygen atoms in total. The second kappa shape index (κ2) is 3.61. The van der Waals surface area contributed by atoms with Crippen LogP contribution in [0, 0.1) is 5.82 Å². The van der Waals surface area contributed by atoms with Gasteiger partial charge in [0, 0.05) is 5.69 Å². The van der Waals surface area contributed by atoms with Crippen LogP contribution in [0.15, 0.2) is 22.7 Å². The summed E-state index contributed by atoms with van der Waals surface area (Å²) in [4.78, 5) is 14.0. The predicted octanol–water partition coefficient (Wildman–Crippen LogP) is 1.16. The van der Waals surface area contributed by atoms with Crippen LogP contribution in [0.5, 0.6) is 0 Å².